The second-order valence-electron chi connectivity index (χ2n) is 6.84. The number of primary amides is 1. The zero-order valence-electron chi connectivity index (χ0n) is 15.6. The molecule has 2 aromatic heterocycles. The summed E-state index contributed by atoms with van der Waals surface area (Å²) < 4.78 is 33.3. The lowest BCUT2D eigenvalue weighted by molar-refractivity contribution is -0.120. The number of carbonyl (C=O) groups is 2. The van der Waals surface area contributed by atoms with Crippen LogP contribution in [0.5, 0.6) is 0 Å². The Morgan fingerprint density at radius 2 is 1.97 bits per heavy atom. The molecule has 0 radical (unpaired) electrons. The molecule has 158 valence electrons. The van der Waals surface area contributed by atoms with Crippen LogP contribution in [0.1, 0.15) is 29.8 Å². The summed E-state index contributed by atoms with van der Waals surface area (Å²) in [4.78, 5) is 25.0. The average Bonchev–Trinajstić information content (AvgIpc) is 3.32. The van der Waals surface area contributed by atoms with E-state index in [0.717, 1.165) is 11.3 Å². The second-order valence-corrected chi connectivity index (χ2v) is 10.7. The first kappa shape index (κ1) is 20.9. The molecule has 1 aromatic carbocycles. The molecule has 3 heterocycles. The van der Waals surface area contributed by atoms with Crippen LogP contribution in [0.2, 0.25) is 4.34 Å². The fourth-order valence-corrected chi connectivity index (χ4v) is 6.82. The molecule has 0 spiro atoms. The van der Waals surface area contributed by atoms with Gasteiger partial charge in [-0.05, 0) is 37.1 Å². The molecule has 1 atom stereocenters. The maximum Gasteiger partial charge on any atom is 0.286 e. The molecule has 3 aromatic rings. The number of sulfonamides is 1. The molecular weight excluding hydrogens is 450 g/mol. The lowest BCUT2D eigenvalue weighted by Gasteiger charge is -2.33. The van der Waals surface area contributed by atoms with Gasteiger partial charge in [0, 0.05) is 11.9 Å². The van der Waals surface area contributed by atoms with Gasteiger partial charge in [-0.1, -0.05) is 30.2 Å². The number of hydrogen-bond acceptors (Lipinski definition) is 6. The van der Waals surface area contributed by atoms with Gasteiger partial charge >= 0.3 is 0 Å². The fraction of sp³-hybridized carbons (Fsp3) is 0.263. The monoisotopic (exact) mass is 467 g/mol. The van der Waals surface area contributed by atoms with Gasteiger partial charge in [0.2, 0.25) is 11.7 Å². The standard InChI is InChI=1S/C19H18ClN3O5S2/c20-14-8-9-15(29-14)30(26,27)23-10-4-3-6-12(23)19(25)22-16-11-5-1-2-7-13(11)28-17(16)18(21)24/h1-2,5,7-9,12H,3-4,6,10H2,(H2,21,24)(H,22,25). The second kappa shape index (κ2) is 8.03. The molecule has 30 heavy (non-hydrogen) atoms. The van der Waals surface area contributed by atoms with Gasteiger partial charge in [0.15, 0.2) is 0 Å². The Hall–Kier alpha value is -2.40. The van der Waals surface area contributed by atoms with E-state index in [1.807, 2.05) is 0 Å². The lowest BCUT2D eigenvalue weighted by Crippen LogP contribution is -2.49. The summed E-state index contributed by atoms with van der Waals surface area (Å²) in [6.07, 6.45) is 1.69. The van der Waals surface area contributed by atoms with Crippen LogP contribution in [0.3, 0.4) is 0 Å². The van der Waals surface area contributed by atoms with E-state index in [-0.39, 0.29) is 22.2 Å². The number of carbonyl (C=O) groups excluding carboxylic acids is 2. The molecule has 8 nitrogen and oxygen atoms in total. The summed E-state index contributed by atoms with van der Waals surface area (Å²) in [5.41, 5.74) is 5.94. The number of piperidine rings is 1. The quantitative estimate of drug-likeness (QED) is 0.595. The molecule has 2 amide bonds. The van der Waals surface area contributed by atoms with Crippen molar-refractivity contribution in [2.24, 2.45) is 5.73 Å². The summed E-state index contributed by atoms with van der Waals surface area (Å²) in [6.45, 7) is 0.213. The highest BCUT2D eigenvalue weighted by Crippen LogP contribution is 2.34. The van der Waals surface area contributed by atoms with Crippen molar-refractivity contribution in [1.29, 1.82) is 0 Å². The number of benzene rings is 1. The highest BCUT2D eigenvalue weighted by Gasteiger charge is 2.39. The third-order valence-corrected chi connectivity index (χ3v) is 8.54. The first-order chi connectivity index (χ1) is 14.3. The van der Waals surface area contributed by atoms with Gasteiger partial charge in [0.25, 0.3) is 15.9 Å². The van der Waals surface area contributed by atoms with E-state index in [2.05, 4.69) is 5.32 Å². The number of nitrogens with one attached hydrogen (secondary N) is 1. The minimum absolute atomic E-state index is 0.0822. The van der Waals surface area contributed by atoms with Gasteiger partial charge in [0.1, 0.15) is 21.5 Å². The highest BCUT2D eigenvalue weighted by atomic mass is 35.5. The van der Waals surface area contributed by atoms with Crippen LogP contribution in [0.15, 0.2) is 45.0 Å². The van der Waals surface area contributed by atoms with Gasteiger partial charge in [-0.2, -0.15) is 4.31 Å². The van der Waals surface area contributed by atoms with Gasteiger partial charge in [-0.15, -0.1) is 11.3 Å². The van der Waals surface area contributed by atoms with E-state index in [4.69, 9.17) is 21.8 Å². The zero-order valence-corrected chi connectivity index (χ0v) is 18.0. The van der Waals surface area contributed by atoms with E-state index in [0.29, 0.717) is 34.6 Å². The maximum atomic E-state index is 13.1. The number of amides is 2. The fourth-order valence-electron chi connectivity index (χ4n) is 3.56. The third kappa shape index (κ3) is 3.71. The van der Waals surface area contributed by atoms with Crippen molar-refractivity contribution in [3.8, 4) is 0 Å². The Bertz CT molecular complexity index is 1230. The van der Waals surface area contributed by atoms with Crippen molar-refractivity contribution in [2.75, 3.05) is 11.9 Å². The van der Waals surface area contributed by atoms with Crippen molar-refractivity contribution in [3.63, 3.8) is 0 Å². The number of rotatable bonds is 5. The van der Waals surface area contributed by atoms with Crippen LogP contribution in [0, 0.1) is 0 Å². The van der Waals surface area contributed by atoms with Gasteiger partial charge in [-0.3, -0.25) is 9.59 Å². The molecule has 1 aliphatic rings. The zero-order chi connectivity index (χ0) is 21.5. The number of hydrogen-bond donors (Lipinski definition) is 2. The maximum absolute atomic E-state index is 13.1. The summed E-state index contributed by atoms with van der Waals surface area (Å²) in [7, 11) is -3.89. The molecule has 11 heteroatoms. The minimum atomic E-state index is -3.89. The Morgan fingerprint density at radius 3 is 2.67 bits per heavy atom. The molecule has 4 rings (SSSR count). The Kier molecular flexibility index (Phi) is 5.58. The normalized spacial score (nSPS) is 17.8. The van der Waals surface area contributed by atoms with E-state index in [1.165, 1.54) is 16.4 Å². The smallest absolute Gasteiger partial charge is 0.286 e. The minimum Gasteiger partial charge on any atom is -0.449 e. The predicted molar refractivity (Wildman–Crippen MR) is 114 cm³/mol. The van der Waals surface area contributed by atoms with E-state index in [9.17, 15) is 18.0 Å². The summed E-state index contributed by atoms with van der Waals surface area (Å²) >= 11 is 6.85. The molecule has 0 aliphatic carbocycles. The molecule has 1 saturated heterocycles. The first-order valence-corrected chi connectivity index (χ1v) is 11.8. The number of fused-ring (bicyclic) bond motifs is 1. The van der Waals surface area contributed by atoms with Crippen molar-refractivity contribution < 1.29 is 22.4 Å². The summed E-state index contributed by atoms with van der Waals surface area (Å²) in [5, 5.41) is 3.19. The SMILES string of the molecule is NC(=O)c1oc2ccccc2c1NC(=O)C1CCCCN1S(=O)(=O)c1ccc(Cl)s1. The summed E-state index contributed by atoms with van der Waals surface area (Å²) in [6, 6.07) is 8.80. The van der Waals surface area contributed by atoms with Crippen LogP contribution < -0.4 is 11.1 Å². The molecular formula is C19H18ClN3O5S2. The molecule has 1 unspecified atom stereocenters. The van der Waals surface area contributed by atoms with Gasteiger partial charge in [0.05, 0.1) is 4.34 Å². The molecule has 3 N–H and O–H groups in total. The van der Waals surface area contributed by atoms with Crippen molar-refractivity contribution in [1.82, 2.24) is 4.31 Å². The van der Waals surface area contributed by atoms with E-state index in [1.54, 1.807) is 24.3 Å². The number of para-hydroxylation sites is 1. The van der Waals surface area contributed by atoms with Crippen LogP contribution in [0.25, 0.3) is 11.0 Å². The van der Waals surface area contributed by atoms with E-state index < -0.39 is 27.9 Å². The molecule has 1 fully saturated rings. The number of nitrogens with two attached hydrogens (primary N) is 1. The van der Waals surface area contributed by atoms with E-state index >= 15 is 0 Å². The largest absolute Gasteiger partial charge is 0.449 e. The number of furan rings is 1. The lowest BCUT2D eigenvalue weighted by atomic mass is 10.0. The van der Waals surface area contributed by atoms with Crippen LogP contribution in [-0.2, 0) is 14.8 Å². The predicted octanol–water partition coefficient (Wildman–Crippen LogP) is 3.43. The van der Waals surface area contributed by atoms with Crippen molar-refractivity contribution >= 4 is 61.4 Å². The van der Waals surface area contributed by atoms with Crippen molar-refractivity contribution in [3.05, 3.63) is 46.5 Å². The van der Waals surface area contributed by atoms with Crippen LogP contribution in [0.4, 0.5) is 5.69 Å². The number of nitrogens with zero attached hydrogens (tertiary/aromatic N) is 1. The average molecular weight is 468 g/mol. The van der Waals surface area contributed by atoms with Crippen LogP contribution >= 0.6 is 22.9 Å². The summed E-state index contributed by atoms with van der Waals surface area (Å²) in [5.74, 6) is -1.56. The number of thiophene rings is 1. The van der Waals surface area contributed by atoms with Gasteiger partial charge in [-0.25, -0.2) is 8.42 Å². The van der Waals surface area contributed by atoms with Gasteiger partial charge < -0.3 is 15.5 Å². The highest BCUT2D eigenvalue weighted by molar-refractivity contribution is 7.91. The number of anilines is 1. The topological polar surface area (TPSA) is 123 Å². The molecule has 0 saturated carbocycles. The molecule has 1 aliphatic heterocycles. The molecule has 0 bridgehead atoms. The van der Waals surface area contributed by atoms with Crippen molar-refractivity contribution in [2.45, 2.75) is 29.5 Å². The van der Waals surface area contributed by atoms with Crippen LogP contribution in [-0.4, -0.2) is 37.1 Å². The Morgan fingerprint density at radius 1 is 1.20 bits per heavy atom. The first-order valence-electron chi connectivity index (χ1n) is 9.18. The third-order valence-electron chi connectivity index (χ3n) is 4.94. The number of halogens is 1. The Labute approximate surface area is 181 Å². The Balaban J connectivity index is 1.68.